The van der Waals surface area contributed by atoms with E-state index in [1.54, 1.807) is 12.1 Å². The fraction of sp³-hybridized carbons (Fsp3) is 0.278. The maximum Gasteiger partial charge on any atom is 0.341 e. The number of carbonyl (C=O) groups is 2. The first kappa shape index (κ1) is 19.2. The second kappa shape index (κ2) is 9.39. The number of ketones is 1. The minimum atomic E-state index is -0.499. The van der Waals surface area contributed by atoms with Crippen molar-refractivity contribution in [3.8, 4) is 0 Å². The van der Waals surface area contributed by atoms with Crippen molar-refractivity contribution < 1.29 is 14.3 Å². The lowest BCUT2D eigenvalue weighted by Crippen LogP contribution is -2.11. The van der Waals surface area contributed by atoms with Crippen molar-refractivity contribution >= 4 is 40.6 Å². The molecule has 0 fully saturated rings. The highest BCUT2D eigenvalue weighted by molar-refractivity contribution is 6.31. The van der Waals surface area contributed by atoms with E-state index in [0.29, 0.717) is 42.1 Å². The van der Waals surface area contributed by atoms with Crippen LogP contribution >= 0.6 is 23.2 Å². The molecule has 2 aromatic rings. The number of aromatic nitrogens is 1. The molecule has 1 heterocycles. The molecule has 5 nitrogen and oxygen atoms in total. The number of carbonyl (C=O) groups excluding carboxylic acids is 2. The van der Waals surface area contributed by atoms with Crippen LogP contribution < -0.4 is 5.32 Å². The van der Waals surface area contributed by atoms with Crippen LogP contribution in [0.4, 0.5) is 5.69 Å². The van der Waals surface area contributed by atoms with Gasteiger partial charge in [-0.15, -0.1) is 0 Å². The maximum absolute atomic E-state index is 12.1. The highest BCUT2D eigenvalue weighted by Crippen LogP contribution is 2.20. The number of halogens is 2. The molecule has 7 heteroatoms. The fourth-order valence-electron chi connectivity index (χ4n) is 2.30. The van der Waals surface area contributed by atoms with Crippen molar-refractivity contribution in [2.75, 3.05) is 19.0 Å². The van der Waals surface area contributed by atoms with Crippen molar-refractivity contribution in [3.63, 3.8) is 0 Å². The van der Waals surface area contributed by atoms with Crippen molar-refractivity contribution in [3.05, 3.63) is 57.8 Å². The Labute approximate surface area is 156 Å². The van der Waals surface area contributed by atoms with Crippen molar-refractivity contribution in [2.24, 2.45) is 0 Å². The van der Waals surface area contributed by atoms with Crippen LogP contribution in [0.3, 0.4) is 0 Å². The van der Waals surface area contributed by atoms with Crippen LogP contribution in [0, 0.1) is 0 Å². The van der Waals surface area contributed by atoms with E-state index in [9.17, 15) is 9.59 Å². The molecule has 1 aromatic carbocycles. The fourth-order valence-corrected chi connectivity index (χ4v) is 2.66. The number of pyridine rings is 1. The molecule has 0 aliphatic rings. The maximum atomic E-state index is 12.1. The Morgan fingerprint density at radius 2 is 2.00 bits per heavy atom. The van der Waals surface area contributed by atoms with E-state index in [1.807, 2.05) is 18.2 Å². The summed E-state index contributed by atoms with van der Waals surface area (Å²) in [6, 6.07) is 8.86. The lowest BCUT2D eigenvalue weighted by molar-refractivity contribution is -0.118. The first-order chi connectivity index (χ1) is 12.0. The summed E-state index contributed by atoms with van der Waals surface area (Å²) in [5, 5.41) is 3.96. The molecule has 1 N–H and O–H groups in total. The van der Waals surface area contributed by atoms with E-state index >= 15 is 0 Å². The molecule has 0 unspecified atom stereocenters. The normalized spacial score (nSPS) is 10.4. The van der Waals surface area contributed by atoms with Crippen LogP contribution in [0.5, 0.6) is 0 Å². The number of esters is 1. The predicted molar refractivity (Wildman–Crippen MR) is 98.5 cm³/mol. The highest BCUT2D eigenvalue weighted by Gasteiger charge is 2.13. The molecule has 0 saturated carbocycles. The lowest BCUT2D eigenvalue weighted by Gasteiger charge is -2.10. The summed E-state index contributed by atoms with van der Waals surface area (Å²) < 4.78 is 4.71. The molecule has 0 aliphatic carbocycles. The van der Waals surface area contributed by atoms with Crippen molar-refractivity contribution in [1.29, 1.82) is 0 Å². The van der Waals surface area contributed by atoms with Crippen molar-refractivity contribution in [1.82, 2.24) is 4.98 Å². The van der Waals surface area contributed by atoms with E-state index in [4.69, 9.17) is 27.9 Å². The second-order valence-electron chi connectivity index (χ2n) is 5.38. The van der Waals surface area contributed by atoms with Gasteiger partial charge in [0, 0.05) is 30.6 Å². The number of ether oxygens (including phenoxy) is 1. The van der Waals surface area contributed by atoms with Gasteiger partial charge in [-0.05, 0) is 24.1 Å². The van der Waals surface area contributed by atoms with Gasteiger partial charge in [-0.25, -0.2) is 9.78 Å². The summed E-state index contributed by atoms with van der Waals surface area (Å²) in [4.78, 5) is 27.6. The van der Waals surface area contributed by atoms with Gasteiger partial charge in [0.2, 0.25) is 0 Å². The van der Waals surface area contributed by atoms with Crippen LogP contribution in [0.1, 0.15) is 28.8 Å². The molecule has 0 radical (unpaired) electrons. The number of nitrogens with one attached hydrogen (secondary N) is 1. The molecule has 0 aliphatic heterocycles. The van der Waals surface area contributed by atoms with Crippen LogP contribution in [-0.4, -0.2) is 30.4 Å². The second-order valence-corrected chi connectivity index (χ2v) is 6.18. The zero-order valence-electron chi connectivity index (χ0n) is 13.7. The van der Waals surface area contributed by atoms with Crippen molar-refractivity contribution in [2.45, 2.75) is 19.3 Å². The number of methoxy groups -OCH3 is 1. The summed E-state index contributed by atoms with van der Waals surface area (Å²) in [6.45, 7) is 0.512. The Hall–Kier alpha value is -2.11. The van der Waals surface area contributed by atoms with Crippen LogP contribution in [0.2, 0.25) is 10.2 Å². The first-order valence-corrected chi connectivity index (χ1v) is 8.49. The SMILES string of the molecule is COC(=O)c1cnc(Cl)cc1NCCCC(=O)Cc1ccccc1Cl. The lowest BCUT2D eigenvalue weighted by atomic mass is 10.1. The summed E-state index contributed by atoms with van der Waals surface area (Å²) in [6.07, 6.45) is 2.70. The molecular formula is C18H18Cl2N2O3. The third kappa shape index (κ3) is 5.73. The smallest absolute Gasteiger partial charge is 0.341 e. The number of anilines is 1. The molecule has 25 heavy (non-hydrogen) atoms. The van der Waals surface area contributed by atoms with Gasteiger partial charge in [-0.3, -0.25) is 4.79 Å². The summed E-state index contributed by atoms with van der Waals surface area (Å²) >= 11 is 11.9. The molecule has 0 amide bonds. The number of hydrogen-bond donors (Lipinski definition) is 1. The topological polar surface area (TPSA) is 68.3 Å². The predicted octanol–water partition coefficient (Wildman–Crippen LogP) is 4.18. The third-order valence-corrected chi connectivity index (χ3v) is 4.14. The van der Waals surface area contributed by atoms with E-state index in [-0.39, 0.29) is 10.9 Å². The van der Waals surface area contributed by atoms with E-state index in [0.717, 1.165) is 5.56 Å². The Balaban J connectivity index is 1.85. The van der Waals surface area contributed by atoms with Gasteiger partial charge < -0.3 is 10.1 Å². The molecule has 1 aromatic heterocycles. The van der Waals surface area contributed by atoms with E-state index in [1.165, 1.54) is 13.3 Å². The summed E-state index contributed by atoms with van der Waals surface area (Å²) in [7, 11) is 1.30. The van der Waals surface area contributed by atoms with Crippen LogP contribution in [0.15, 0.2) is 36.5 Å². The molecule has 132 valence electrons. The average Bonchev–Trinajstić information content (AvgIpc) is 2.60. The average molecular weight is 381 g/mol. The quantitative estimate of drug-likeness (QED) is 0.422. The standard InChI is InChI=1S/C18H18Cl2N2O3/c1-25-18(24)14-11-22-17(20)10-16(14)21-8-4-6-13(23)9-12-5-2-3-7-15(12)19/h2-3,5,7,10-11H,4,6,8-9H2,1H3,(H,21,22). The van der Waals surface area contributed by atoms with Gasteiger partial charge in [0.25, 0.3) is 0 Å². The Kier molecular flexibility index (Phi) is 7.22. The van der Waals surface area contributed by atoms with Crippen LogP contribution in [-0.2, 0) is 16.0 Å². The first-order valence-electron chi connectivity index (χ1n) is 7.74. The Morgan fingerprint density at radius 3 is 2.72 bits per heavy atom. The van der Waals surface area contributed by atoms with E-state index < -0.39 is 5.97 Å². The minimum Gasteiger partial charge on any atom is -0.465 e. The minimum absolute atomic E-state index is 0.107. The molecule has 0 bridgehead atoms. The number of hydrogen-bond acceptors (Lipinski definition) is 5. The van der Waals surface area contributed by atoms with E-state index in [2.05, 4.69) is 10.3 Å². The Bertz CT molecular complexity index is 766. The van der Waals surface area contributed by atoms with Gasteiger partial charge in [0.05, 0.1) is 12.8 Å². The molecule has 0 atom stereocenters. The number of benzene rings is 1. The van der Waals surface area contributed by atoms with Gasteiger partial charge in [-0.1, -0.05) is 41.4 Å². The monoisotopic (exact) mass is 380 g/mol. The number of rotatable bonds is 8. The summed E-state index contributed by atoms with van der Waals surface area (Å²) in [5.41, 5.74) is 1.66. The van der Waals surface area contributed by atoms with Gasteiger partial charge in [-0.2, -0.15) is 0 Å². The zero-order valence-corrected chi connectivity index (χ0v) is 15.2. The molecule has 2 rings (SSSR count). The molecule has 0 spiro atoms. The summed E-state index contributed by atoms with van der Waals surface area (Å²) in [5.74, 6) is -0.391. The number of Topliss-reactive ketones (excluding diaryl/α,β-unsaturated/α-hetero) is 1. The molecular weight excluding hydrogens is 363 g/mol. The van der Waals surface area contributed by atoms with Gasteiger partial charge >= 0.3 is 5.97 Å². The number of nitrogens with zero attached hydrogens (tertiary/aromatic N) is 1. The van der Waals surface area contributed by atoms with Gasteiger partial charge in [0.1, 0.15) is 16.5 Å². The molecule has 0 saturated heterocycles. The zero-order chi connectivity index (χ0) is 18.2. The Morgan fingerprint density at radius 1 is 1.24 bits per heavy atom. The largest absolute Gasteiger partial charge is 0.465 e. The van der Waals surface area contributed by atoms with Crippen LogP contribution in [0.25, 0.3) is 0 Å². The third-order valence-electron chi connectivity index (χ3n) is 3.57. The highest BCUT2D eigenvalue weighted by atomic mass is 35.5. The van der Waals surface area contributed by atoms with Gasteiger partial charge in [0.15, 0.2) is 0 Å².